The van der Waals surface area contributed by atoms with Crippen LogP contribution in [0.5, 0.6) is 0 Å². The van der Waals surface area contributed by atoms with Gasteiger partial charge in [-0.3, -0.25) is 4.79 Å². The SMILES string of the molecule is N#CCCn1cc(-c2cc(C#N)c(N)nc2-c2ccco2)ccc1=O. The zero-order chi connectivity index (χ0) is 17.8. The van der Waals surface area contributed by atoms with Gasteiger partial charge in [0.15, 0.2) is 5.76 Å². The fourth-order valence-electron chi connectivity index (χ4n) is 2.47. The maximum absolute atomic E-state index is 11.9. The second-order valence-corrected chi connectivity index (χ2v) is 5.26. The molecule has 0 saturated carbocycles. The minimum absolute atomic E-state index is 0.107. The zero-order valence-electron chi connectivity index (χ0n) is 13.1. The molecule has 3 aromatic rings. The Balaban J connectivity index is 2.21. The van der Waals surface area contributed by atoms with Crippen molar-refractivity contribution in [2.75, 3.05) is 5.73 Å². The molecule has 3 aromatic heterocycles. The van der Waals surface area contributed by atoms with E-state index in [1.807, 2.05) is 12.1 Å². The summed E-state index contributed by atoms with van der Waals surface area (Å²) in [6.45, 7) is 0.284. The van der Waals surface area contributed by atoms with E-state index in [4.69, 9.17) is 15.4 Å². The van der Waals surface area contributed by atoms with Gasteiger partial charge in [-0.05, 0) is 24.3 Å². The number of nitrogen functional groups attached to an aromatic ring is 1. The summed E-state index contributed by atoms with van der Waals surface area (Å²) in [5, 5.41) is 18.0. The van der Waals surface area contributed by atoms with Gasteiger partial charge in [0.05, 0.1) is 24.3 Å². The lowest BCUT2D eigenvalue weighted by Gasteiger charge is -2.11. The molecule has 0 bridgehead atoms. The first-order valence-corrected chi connectivity index (χ1v) is 7.46. The van der Waals surface area contributed by atoms with Crippen LogP contribution < -0.4 is 11.3 Å². The lowest BCUT2D eigenvalue weighted by atomic mass is 10.0. The topological polar surface area (TPSA) is 122 Å². The number of nitriles is 2. The number of nitrogens with two attached hydrogens (primary N) is 1. The summed E-state index contributed by atoms with van der Waals surface area (Å²) in [6.07, 6.45) is 3.38. The number of aromatic nitrogens is 2. The third kappa shape index (κ3) is 3.12. The summed E-state index contributed by atoms with van der Waals surface area (Å²) in [6, 6.07) is 12.2. The first-order chi connectivity index (χ1) is 12.1. The molecule has 0 amide bonds. The number of rotatable bonds is 4. The number of hydrogen-bond acceptors (Lipinski definition) is 6. The fraction of sp³-hybridized carbons (Fsp3) is 0.111. The number of hydrogen-bond donors (Lipinski definition) is 1. The summed E-state index contributed by atoms with van der Waals surface area (Å²) in [5.74, 6) is 0.608. The smallest absolute Gasteiger partial charge is 0.250 e. The van der Waals surface area contributed by atoms with E-state index in [9.17, 15) is 10.1 Å². The average Bonchev–Trinajstić information content (AvgIpc) is 3.15. The second kappa shape index (κ2) is 6.73. The van der Waals surface area contributed by atoms with Crippen molar-refractivity contribution >= 4 is 5.82 Å². The van der Waals surface area contributed by atoms with Gasteiger partial charge in [-0.25, -0.2) is 4.98 Å². The lowest BCUT2D eigenvalue weighted by molar-refractivity contribution is 0.580. The summed E-state index contributed by atoms with van der Waals surface area (Å²) >= 11 is 0. The van der Waals surface area contributed by atoms with Gasteiger partial charge in [-0.1, -0.05) is 0 Å². The Kier molecular flexibility index (Phi) is 4.32. The lowest BCUT2D eigenvalue weighted by Crippen LogP contribution is -2.18. The molecule has 0 aliphatic carbocycles. The van der Waals surface area contributed by atoms with E-state index in [1.54, 1.807) is 30.5 Å². The largest absolute Gasteiger partial charge is 0.463 e. The Labute approximate surface area is 143 Å². The summed E-state index contributed by atoms with van der Waals surface area (Å²) < 4.78 is 6.87. The first kappa shape index (κ1) is 16.0. The van der Waals surface area contributed by atoms with Crippen molar-refractivity contribution in [3.63, 3.8) is 0 Å². The molecule has 0 spiro atoms. The van der Waals surface area contributed by atoms with Gasteiger partial charge in [0.1, 0.15) is 17.6 Å². The van der Waals surface area contributed by atoms with Crippen LogP contribution in [0.15, 0.2) is 52.0 Å². The average molecular weight is 331 g/mol. The van der Waals surface area contributed by atoms with Crippen molar-refractivity contribution in [3.05, 3.63) is 58.7 Å². The van der Waals surface area contributed by atoms with Crippen LogP contribution in [0.3, 0.4) is 0 Å². The van der Waals surface area contributed by atoms with Crippen molar-refractivity contribution in [2.45, 2.75) is 13.0 Å². The second-order valence-electron chi connectivity index (χ2n) is 5.26. The molecule has 7 nitrogen and oxygen atoms in total. The molecule has 3 heterocycles. The Bertz CT molecular complexity index is 1050. The Morgan fingerprint density at radius 3 is 2.80 bits per heavy atom. The Hall–Kier alpha value is -3.84. The minimum Gasteiger partial charge on any atom is -0.463 e. The summed E-state index contributed by atoms with van der Waals surface area (Å²) in [5.41, 5.74) is 7.64. The van der Waals surface area contributed by atoms with Gasteiger partial charge in [-0.2, -0.15) is 10.5 Å². The van der Waals surface area contributed by atoms with E-state index in [0.717, 1.165) is 0 Å². The quantitative estimate of drug-likeness (QED) is 0.784. The highest BCUT2D eigenvalue weighted by Crippen LogP contribution is 2.32. The normalized spacial score (nSPS) is 10.2. The molecule has 0 aliphatic rings. The predicted octanol–water partition coefficient (Wildman–Crippen LogP) is 2.54. The molecule has 122 valence electrons. The standard InChI is InChI=1S/C18H13N5O2/c19-6-2-7-23-11-12(4-5-16(23)24)14-9-13(10-20)18(21)22-17(14)15-3-1-8-25-15/h1,3-5,8-9,11H,2,7H2,(H2,21,22). The Morgan fingerprint density at radius 2 is 2.12 bits per heavy atom. The third-order valence-electron chi connectivity index (χ3n) is 3.69. The van der Waals surface area contributed by atoms with E-state index in [1.165, 1.54) is 16.9 Å². The molecule has 3 rings (SSSR count). The highest BCUT2D eigenvalue weighted by atomic mass is 16.3. The van der Waals surface area contributed by atoms with Crippen molar-refractivity contribution in [1.29, 1.82) is 10.5 Å². The van der Waals surface area contributed by atoms with Crippen LogP contribution in [-0.4, -0.2) is 9.55 Å². The molecular weight excluding hydrogens is 318 g/mol. The molecule has 7 heteroatoms. The predicted molar refractivity (Wildman–Crippen MR) is 91.0 cm³/mol. The van der Waals surface area contributed by atoms with Crippen LogP contribution in [0.2, 0.25) is 0 Å². The summed E-state index contributed by atoms with van der Waals surface area (Å²) in [7, 11) is 0. The van der Waals surface area contributed by atoms with Crippen LogP contribution in [0.1, 0.15) is 12.0 Å². The van der Waals surface area contributed by atoms with Gasteiger partial charge < -0.3 is 14.7 Å². The number of furan rings is 1. The fourth-order valence-corrected chi connectivity index (χ4v) is 2.47. The maximum atomic E-state index is 11.9. The molecule has 0 fully saturated rings. The maximum Gasteiger partial charge on any atom is 0.250 e. The molecule has 0 atom stereocenters. The van der Waals surface area contributed by atoms with E-state index < -0.39 is 0 Å². The van der Waals surface area contributed by atoms with Crippen LogP contribution in [0.4, 0.5) is 5.82 Å². The number of anilines is 1. The van der Waals surface area contributed by atoms with Gasteiger partial charge in [-0.15, -0.1) is 0 Å². The van der Waals surface area contributed by atoms with Crippen molar-refractivity contribution in [1.82, 2.24) is 9.55 Å². The number of aryl methyl sites for hydroxylation is 1. The highest BCUT2D eigenvalue weighted by Gasteiger charge is 2.16. The van der Waals surface area contributed by atoms with E-state index in [-0.39, 0.29) is 29.9 Å². The van der Waals surface area contributed by atoms with Crippen LogP contribution >= 0.6 is 0 Å². The molecule has 0 unspecified atom stereocenters. The zero-order valence-corrected chi connectivity index (χ0v) is 13.1. The van der Waals surface area contributed by atoms with E-state index in [2.05, 4.69) is 4.98 Å². The highest BCUT2D eigenvalue weighted by molar-refractivity contribution is 5.81. The van der Waals surface area contributed by atoms with Crippen molar-refractivity contribution in [3.8, 4) is 34.7 Å². The van der Waals surface area contributed by atoms with Gasteiger partial charge >= 0.3 is 0 Å². The van der Waals surface area contributed by atoms with Gasteiger partial charge in [0.25, 0.3) is 5.56 Å². The van der Waals surface area contributed by atoms with Crippen LogP contribution in [-0.2, 0) is 6.54 Å². The van der Waals surface area contributed by atoms with Crippen LogP contribution in [0, 0.1) is 22.7 Å². The molecule has 25 heavy (non-hydrogen) atoms. The number of pyridine rings is 2. The minimum atomic E-state index is -0.206. The number of nitrogens with zero attached hydrogens (tertiary/aromatic N) is 4. The molecule has 0 aromatic carbocycles. The Morgan fingerprint density at radius 1 is 1.28 bits per heavy atom. The van der Waals surface area contributed by atoms with Gasteiger partial charge in [0, 0.05) is 29.9 Å². The van der Waals surface area contributed by atoms with Crippen LogP contribution in [0.25, 0.3) is 22.6 Å². The van der Waals surface area contributed by atoms with Crippen molar-refractivity contribution < 1.29 is 4.42 Å². The van der Waals surface area contributed by atoms with Gasteiger partial charge in [0.2, 0.25) is 0 Å². The summed E-state index contributed by atoms with van der Waals surface area (Å²) in [4.78, 5) is 16.2. The molecule has 2 N–H and O–H groups in total. The molecule has 0 radical (unpaired) electrons. The first-order valence-electron chi connectivity index (χ1n) is 7.46. The van der Waals surface area contributed by atoms with E-state index in [0.29, 0.717) is 22.6 Å². The molecule has 0 aliphatic heterocycles. The third-order valence-corrected chi connectivity index (χ3v) is 3.69. The molecular formula is C18H13N5O2. The molecule has 0 saturated heterocycles. The monoisotopic (exact) mass is 331 g/mol. The van der Waals surface area contributed by atoms with E-state index >= 15 is 0 Å². The van der Waals surface area contributed by atoms with Crippen molar-refractivity contribution in [2.24, 2.45) is 0 Å².